The van der Waals surface area contributed by atoms with Crippen molar-refractivity contribution >= 4 is 17.9 Å². The molecule has 0 heterocycles. The second-order valence-corrected chi connectivity index (χ2v) is 6.98. The lowest BCUT2D eigenvalue weighted by molar-refractivity contribution is 0.112. The Balaban J connectivity index is 2.26. The molecule has 0 amide bonds. The molecule has 6 heteroatoms. The molecule has 156 valence electrons. The van der Waals surface area contributed by atoms with Gasteiger partial charge in [-0.1, -0.05) is 43.6 Å². The van der Waals surface area contributed by atoms with Gasteiger partial charge in [0, 0.05) is 28.3 Å². The minimum Gasteiger partial charge on any atom is -0.491 e. The molecule has 0 spiro atoms. The van der Waals surface area contributed by atoms with Crippen molar-refractivity contribution in [1.29, 1.82) is 0 Å². The van der Waals surface area contributed by atoms with Crippen molar-refractivity contribution in [3.05, 3.63) is 76.3 Å². The molecule has 0 aliphatic carbocycles. The minimum absolute atomic E-state index is 0.0228. The fourth-order valence-corrected chi connectivity index (χ4v) is 3.47. The summed E-state index contributed by atoms with van der Waals surface area (Å²) in [6.07, 6.45) is 1.57. The van der Waals surface area contributed by atoms with E-state index >= 15 is 4.39 Å². The Morgan fingerprint density at radius 3 is 2.37 bits per heavy atom. The van der Waals surface area contributed by atoms with Crippen LogP contribution in [0, 0.1) is 11.6 Å². The first-order valence-corrected chi connectivity index (χ1v) is 10.0. The van der Waals surface area contributed by atoms with Crippen LogP contribution in [0.4, 0.5) is 8.78 Å². The predicted molar refractivity (Wildman–Crippen MR) is 114 cm³/mol. The molecule has 0 aromatic heterocycles. The smallest absolute Gasteiger partial charge is 0.173 e. The Morgan fingerprint density at radius 2 is 1.73 bits per heavy atom. The van der Waals surface area contributed by atoms with Gasteiger partial charge < -0.3 is 9.47 Å². The molecule has 0 saturated heterocycles. The summed E-state index contributed by atoms with van der Waals surface area (Å²) >= 11 is 6.29. The molecule has 3 aromatic carbocycles. The third-order valence-electron chi connectivity index (χ3n) is 4.59. The highest BCUT2D eigenvalue weighted by Crippen LogP contribution is 2.44. The molecule has 0 unspecified atom stereocenters. The van der Waals surface area contributed by atoms with Crippen LogP contribution in [-0.2, 0) is 6.42 Å². The Morgan fingerprint density at radius 1 is 1.00 bits per heavy atom. The maximum atomic E-state index is 15.4. The van der Waals surface area contributed by atoms with Gasteiger partial charge in [0.15, 0.2) is 17.9 Å². The number of halogens is 3. The summed E-state index contributed by atoms with van der Waals surface area (Å²) in [4.78, 5) is 11.7. The normalized spacial score (nSPS) is 10.7. The summed E-state index contributed by atoms with van der Waals surface area (Å²) < 4.78 is 41.5. The Hall–Kier alpha value is -2.92. The highest BCUT2D eigenvalue weighted by molar-refractivity contribution is 6.34. The number of ether oxygens (including phenoxy) is 2. The maximum Gasteiger partial charge on any atom is 0.173 e. The van der Waals surface area contributed by atoms with Crippen molar-refractivity contribution in [2.45, 2.75) is 26.7 Å². The van der Waals surface area contributed by atoms with Crippen molar-refractivity contribution in [3.8, 4) is 28.4 Å². The summed E-state index contributed by atoms with van der Waals surface area (Å²) in [6, 6.07) is 12.8. The predicted octanol–water partition coefficient (Wildman–Crippen LogP) is 7.24. The molecule has 0 saturated carbocycles. The zero-order valence-electron chi connectivity index (χ0n) is 16.7. The Bertz CT molecular complexity index is 1050. The lowest BCUT2D eigenvalue weighted by atomic mass is 9.92. The van der Waals surface area contributed by atoms with Gasteiger partial charge >= 0.3 is 0 Å². The third kappa shape index (κ3) is 4.31. The van der Waals surface area contributed by atoms with E-state index in [4.69, 9.17) is 21.1 Å². The summed E-state index contributed by atoms with van der Waals surface area (Å²) in [7, 11) is 0. The van der Waals surface area contributed by atoms with Gasteiger partial charge in [-0.2, -0.15) is 0 Å². The molecule has 0 fully saturated rings. The molecule has 0 N–H and O–H groups in total. The van der Waals surface area contributed by atoms with Gasteiger partial charge in [0.1, 0.15) is 17.3 Å². The number of carbonyl (C=O) groups is 1. The number of aldehydes is 1. The lowest BCUT2D eigenvalue weighted by Crippen LogP contribution is -2.04. The van der Waals surface area contributed by atoms with E-state index in [2.05, 4.69) is 0 Å². The van der Waals surface area contributed by atoms with Crippen LogP contribution in [0.5, 0.6) is 17.2 Å². The topological polar surface area (TPSA) is 35.5 Å². The first-order valence-electron chi connectivity index (χ1n) is 9.66. The van der Waals surface area contributed by atoms with E-state index in [-0.39, 0.29) is 33.2 Å². The Kier molecular flexibility index (Phi) is 7.06. The summed E-state index contributed by atoms with van der Waals surface area (Å²) in [5.74, 6) is -0.857. The number of carbonyl (C=O) groups excluding carboxylic acids is 1. The SMILES string of the molecule is CCCOc1ccc(C=O)c(-c2c(Cl)c(F)cc(Oc3ccccc3)c2CC)c1F. The van der Waals surface area contributed by atoms with Crippen molar-refractivity contribution in [2.75, 3.05) is 6.61 Å². The van der Waals surface area contributed by atoms with Crippen LogP contribution < -0.4 is 9.47 Å². The highest BCUT2D eigenvalue weighted by Gasteiger charge is 2.25. The molecule has 30 heavy (non-hydrogen) atoms. The molecule has 0 bridgehead atoms. The van der Waals surface area contributed by atoms with E-state index in [0.717, 1.165) is 0 Å². The number of rotatable bonds is 8. The fourth-order valence-electron chi connectivity index (χ4n) is 3.21. The second kappa shape index (κ2) is 9.72. The van der Waals surface area contributed by atoms with E-state index in [9.17, 15) is 9.18 Å². The zero-order chi connectivity index (χ0) is 21.7. The van der Waals surface area contributed by atoms with Gasteiger partial charge in [-0.15, -0.1) is 0 Å². The van der Waals surface area contributed by atoms with Crippen LogP contribution in [0.15, 0.2) is 48.5 Å². The lowest BCUT2D eigenvalue weighted by Gasteiger charge is -2.19. The molecular formula is C24H21ClF2O3. The number of hydrogen-bond donors (Lipinski definition) is 0. The van der Waals surface area contributed by atoms with Crippen LogP contribution in [0.3, 0.4) is 0 Å². The third-order valence-corrected chi connectivity index (χ3v) is 4.96. The van der Waals surface area contributed by atoms with Crippen LogP contribution >= 0.6 is 11.6 Å². The minimum atomic E-state index is -0.772. The van der Waals surface area contributed by atoms with Gasteiger partial charge in [-0.3, -0.25) is 4.79 Å². The number of hydrogen-bond acceptors (Lipinski definition) is 3. The molecule has 3 aromatic rings. The molecule has 0 aliphatic rings. The van der Waals surface area contributed by atoms with Gasteiger partial charge in [0.2, 0.25) is 0 Å². The van der Waals surface area contributed by atoms with E-state index in [1.807, 2.05) is 19.9 Å². The number of benzene rings is 3. The first-order chi connectivity index (χ1) is 14.5. The monoisotopic (exact) mass is 430 g/mol. The largest absolute Gasteiger partial charge is 0.491 e. The van der Waals surface area contributed by atoms with Gasteiger partial charge in [-0.25, -0.2) is 8.78 Å². The molecular weight excluding hydrogens is 410 g/mol. The van der Waals surface area contributed by atoms with E-state index in [0.29, 0.717) is 37.0 Å². The summed E-state index contributed by atoms with van der Waals surface area (Å²) in [5.41, 5.74) is 0.522. The summed E-state index contributed by atoms with van der Waals surface area (Å²) in [5, 5.41) is -0.276. The van der Waals surface area contributed by atoms with Crippen LogP contribution in [0.2, 0.25) is 5.02 Å². The van der Waals surface area contributed by atoms with Crippen molar-refractivity contribution in [1.82, 2.24) is 0 Å². The van der Waals surface area contributed by atoms with Crippen molar-refractivity contribution < 1.29 is 23.0 Å². The molecule has 0 atom stereocenters. The van der Waals surface area contributed by atoms with Crippen molar-refractivity contribution in [3.63, 3.8) is 0 Å². The standard InChI is InChI=1S/C24H21ClF2O3/c1-3-12-29-19-11-10-15(14-28)21(24(19)27)22-17(4-2)20(13-18(26)23(22)25)30-16-8-6-5-7-9-16/h5-11,13-14H,3-4,12H2,1-2H3. The average molecular weight is 431 g/mol. The molecule has 3 nitrogen and oxygen atoms in total. The molecule has 0 aliphatic heterocycles. The fraction of sp³-hybridized carbons (Fsp3) is 0.208. The van der Waals surface area contributed by atoms with Crippen molar-refractivity contribution in [2.24, 2.45) is 0 Å². The zero-order valence-corrected chi connectivity index (χ0v) is 17.4. The first kappa shape index (κ1) is 21.8. The molecule has 0 radical (unpaired) electrons. The number of para-hydroxylation sites is 1. The second-order valence-electron chi connectivity index (χ2n) is 6.60. The van der Waals surface area contributed by atoms with Gasteiger partial charge in [0.25, 0.3) is 0 Å². The van der Waals surface area contributed by atoms with Crippen LogP contribution in [0.25, 0.3) is 11.1 Å². The highest BCUT2D eigenvalue weighted by atomic mass is 35.5. The average Bonchev–Trinajstić information content (AvgIpc) is 2.76. The quantitative estimate of drug-likeness (QED) is 0.353. The van der Waals surface area contributed by atoms with E-state index in [1.54, 1.807) is 24.3 Å². The molecule has 3 rings (SSSR count). The van der Waals surface area contributed by atoms with Gasteiger partial charge in [0.05, 0.1) is 11.6 Å². The van der Waals surface area contributed by atoms with E-state index in [1.165, 1.54) is 18.2 Å². The maximum absolute atomic E-state index is 15.4. The van der Waals surface area contributed by atoms with Gasteiger partial charge in [-0.05, 0) is 37.1 Å². The van der Waals surface area contributed by atoms with Crippen LogP contribution in [0.1, 0.15) is 36.2 Å². The van der Waals surface area contributed by atoms with E-state index < -0.39 is 11.6 Å². The summed E-state index contributed by atoms with van der Waals surface area (Å²) in [6.45, 7) is 4.02. The Labute approximate surface area is 179 Å². The van der Waals surface area contributed by atoms with Crippen LogP contribution in [-0.4, -0.2) is 12.9 Å².